The Labute approximate surface area is 158 Å². The van der Waals surface area contributed by atoms with Gasteiger partial charge < -0.3 is 5.32 Å². The Kier molecular flexibility index (Phi) is 5.32. The van der Waals surface area contributed by atoms with Crippen LogP contribution in [0.5, 0.6) is 0 Å². The number of fused-ring (bicyclic) bond motifs is 1. The van der Waals surface area contributed by atoms with Gasteiger partial charge >= 0.3 is 0 Å². The second-order valence-electron chi connectivity index (χ2n) is 5.21. The van der Waals surface area contributed by atoms with Gasteiger partial charge in [0.05, 0.1) is 32.4 Å². The fourth-order valence-corrected chi connectivity index (χ4v) is 3.36. The molecule has 128 valence electrons. The second kappa shape index (κ2) is 7.47. The lowest BCUT2D eigenvalue weighted by Gasteiger charge is -2.10. The van der Waals surface area contributed by atoms with E-state index in [1.807, 2.05) is 6.07 Å². The van der Waals surface area contributed by atoms with Crippen molar-refractivity contribution in [3.05, 3.63) is 62.9 Å². The molecule has 2 aromatic carbocycles. The normalized spacial score (nSPS) is 10.8. The van der Waals surface area contributed by atoms with Crippen LogP contribution in [-0.2, 0) is 11.8 Å². The maximum Gasteiger partial charge on any atom is 0.261 e. The van der Waals surface area contributed by atoms with Crippen LogP contribution < -0.4 is 10.9 Å². The van der Waals surface area contributed by atoms with Gasteiger partial charge in [0.2, 0.25) is 5.91 Å². The van der Waals surface area contributed by atoms with E-state index in [2.05, 4.69) is 10.3 Å². The van der Waals surface area contributed by atoms with Crippen molar-refractivity contribution in [2.45, 2.75) is 5.16 Å². The maximum absolute atomic E-state index is 12.3. The highest BCUT2D eigenvalue weighted by molar-refractivity contribution is 7.99. The molecule has 0 aliphatic heterocycles. The van der Waals surface area contributed by atoms with Gasteiger partial charge in [-0.05, 0) is 24.3 Å². The summed E-state index contributed by atoms with van der Waals surface area (Å²) in [7, 11) is 1.63. The highest BCUT2D eigenvalue weighted by Gasteiger charge is 2.12. The quantitative estimate of drug-likeness (QED) is 0.537. The molecule has 25 heavy (non-hydrogen) atoms. The number of halogens is 2. The van der Waals surface area contributed by atoms with E-state index in [0.29, 0.717) is 31.8 Å². The van der Waals surface area contributed by atoms with E-state index in [0.717, 1.165) is 0 Å². The molecule has 0 spiro atoms. The molecule has 5 nitrogen and oxygen atoms in total. The van der Waals surface area contributed by atoms with Crippen molar-refractivity contribution in [1.82, 2.24) is 9.55 Å². The molecule has 0 aliphatic rings. The Bertz CT molecular complexity index is 1020. The Balaban J connectivity index is 1.76. The summed E-state index contributed by atoms with van der Waals surface area (Å²) in [5.74, 6) is -0.182. The third-order valence-corrected chi connectivity index (χ3v) is 5.35. The number of amides is 1. The molecule has 1 aromatic heterocycles. The highest BCUT2D eigenvalue weighted by Crippen LogP contribution is 2.29. The number of nitrogens with zero attached hydrogens (tertiary/aromatic N) is 2. The van der Waals surface area contributed by atoms with Crippen molar-refractivity contribution in [3.63, 3.8) is 0 Å². The number of anilines is 1. The van der Waals surface area contributed by atoms with Gasteiger partial charge in [-0.2, -0.15) is 0 Å². The maximum atomic E-state index is 12.3. The van der Waals surface area contributed by atoms with E-state index >= 15 is 0 Å². The highest BCUT2D eigenvalue weighted by atomic mass is 35.5. The fraction of sp³-hybridized carbons (Fsp3) is 0.118. The number of rotatable bonds is 4. The first-order valence-electron chi connectivity index (χ1n) is 7.30. The van der Waals surface area contributed by atoms with Gasteiger partial charge in [0.1, 0.15) is 0 Å². The van der Waals surface area contributed by atoms with E-state index in [1.54, 1.807) is 43.4 Å². The third-order valence-electron chi connectivity index (χ3n) is 3.50. The lowest BCUT2D eigenvalue weighted by molar-refractivity contribution is -0.113. The fourth-order valence-electron chi connectivity index (χ4n) is 2.24. The first kappa shape index (κ1) is 17.8. The Hall–Kier alpha value is -2.02. The van der Waals surface area contributed by atoms with Gasteiger partial charge in [0, 0.05) is 7.05 Å². The van der Waals surface area contributed by atoms with Crippen LogP contribution in [0.15, 0.2) is 52.4 Å². The first-order chi connectivity index (χ1) is 12.0. The van der Waals surface area contributed by atoms with Crippen LogP contribution in [0.4, 0.5) is 5.69 Å². The minimum absolute atomic E-state index is 0.0848. The zero-order valence-corrected chi connectivity index (χ0v) is 15.5. The summed E-state index contributed by atoms with van der Waals surface area (Å²) in [6.45, 7) is 0. The van der Waals surface area contributed by atoms with Gasteiger partial charge in [-0.1, -0.05) is 53.2 Å². The molecule has 1 N–H and O–H groups in total. The number of hydrogen-bond donors (Lipinski definition) is 1. The van der Waals surface area contributed by atoms with Gasteiger partial charge in [-0.25, -0.2) is 4.98 Å². The van der Waals surface area contributed by atoms with Crippen LogP contribution >= 0.6 is 35.0 Å². The summed E-state index contributed by atoms with van der Waals surface area (Å²) in [5, 5.41) is 4.37. The Morgan fingerprint density at radius 2 is 1.96 bits per heavy atom. The van der Waals surface area contributed by atoms with Crippen molar-refractivity contribution in [3.8, 4) is 0 Å². The number of carbonyl (C=O) groups is 1. The number of thioether (sulfide) groups is 1. The van der Waals surface area contributed by atoms with Crippen molar-refractivity contribution in [1.29, 1.82) is 0 Å². The number of hydrogen-bond acceptors (Lipinski definition) is 4. The zero-order valence-electron chi connectivity index (χ0n) is 13.1. The SMILES string of the molecule is Cn1c(SCC(=O)Nc2cccc(Cl)c2Cl)nc2ccccc2c1=O. The minimum atomic E-state index is -0.267. The third kappa shape index (κ3) is 3.81. The predicted octanol–water partition coefficient (Wildman–Crippen LogP) is 3.97. The number of aromatic nitrogens is 2. The largest absolute Gasteiger partial charge is 0.324 e. The van der Waals surface area contributed by atoms with Crippen LogP contribution in [-0.4, -0.2) is 21.2 Å². The number of benzene rings is 2. The number of nitrogens with one attached hydrogen (secondary N) is 1. The lowest BCUT2D eigenvalue weighted by atomic mass is 10.2. The molecule has 0 saturated heterocycles. The summed E-state index contributed by atoms with van der Waals surface area (Å²) in [4.78, 5) is 28.9. The van der Waals surface area contributed by atoms with Crippen LogP contribution in [0.25, 0.3) is 10.9 Å². The second-order valence-corrected chi connectivity index (χ2v) is 6.94. The van der Waals surface area contributed by atoms with Crippen molar-refractivity contribution >= 4 is 57.5 Å². The van der Waals surface area contributed by atoms with E-state index in [9.17, 15) is 9.59 Å². The van der Waals surface area contributed by atoms with Crippen molar-refractivity contribution < 1.29 is 4.79 Å². The molecule has 3 aromatic rings. The van der Waals surface area contributed by atoms with Crippen LogP contribution in [0.2, 0.25) is 10.0 Å². The Morgan fingerprint density at radius 1 is 1.20 bits per heavy atom. The summed E-state index contributed by atoms with van der Waals surface area (Å²) in [6, 6.07) is 12.1. The first-order valence-corrected chi connectivity index (χ1v) is 9.04. The molecule has 0 unspecified atom stereocenters. The van der Waals surface area contributed by atoms with Gasteiger partial charge in [0.25, 0.3) is 5.56 Å². The van der Waals surface area contributed by atoms with Crippen LogP contribution in [0.1, 0.15) is 0 Å². The molecular formula is C17H13Cl2N3O2S. The smallest absolute Gasteiger partial charge is 0.261 e. The molecule has 3 rings (SSSR count). The lowest BCUT2D eigenvalue weighted by Crippen LogP contribution is -2.21. The zero-order chi connectivity index (χ0) is 18.0. The van der Waals surface area contributed by atoms with Crippen molar-refractivity contribution in [2.75, 3.05) is 11.1 Å². The Morgan fingerprint density at radius 3 is 2.76 bits per heavy atom. The van der Waals surface area contributed by atoms with Gasteiger partial charge in [0.15, 0.2) is 5.16 Å². The van der Waals surface area contributed by atoms with E-state index in [1.165, 1.54) is 16.3 Å². The molecule has 0 saturated carbocycles. The molecule has 1 amide bonds. The summed E-state index contributed by atoms with van der Waals surface area (Å²) >= 11 is 13.2. The van der Waals surface area contributed by atoms with Crippen molar-refractivity contribution in [2.24, 2.45) is 7.05 Å². The summed E-state index contributed by atoms with van der Waals surface area (Å²) in [6.07, 6.45) is 0. The monoisotopic (exact) mass is 393 g/mol. The molecule has 1 heterocycles. The van der Waals surface area contributed by atoms with E-state index < -0.39 is 0 Å². The molecule has 0 radical (unpaired) electrons. The molecule has 0 fully saturated rings. The molecule has 8 heteroatoms. The number of para-hydroxylation sites is 1. The average molecular weight is 394 g/mol. The summed E-state index contributed by atoms with van der Waals surface area (Å²) < 4.78 is 1.44. The van der Waals surface area contributed by atoms with Gasteiger partial charge in [-0.3, -0.25) is 14.2 Å². The predicted molar refractivity (Wildman–Crippen MR) is 103 cm³/mol. The topological polar surface area (TPSA) is 64.0 Å². The molecule has 0 aliphatic carbocycles. The van der Waals surface area contributed by atoms with Gasteiger partial charge in [-0.15, -0.1) is 0 Å². The van der Waals surface area contributed by atoms with E-state index in [-0.39, 0.29) is 17.2 Å². The molecule has 0 atom stereocenters. The summed E-state index contributed by atoms with van der Waals surface area (Å²) in [5.41, 5.74) is 0.901. The number of carbonyl (C=O) groups excluding carboxylic acids is 1. The molecule has 0 bridgehead atoms. The minimum Gasteiger partial charge on any atom is -0.324 e. The molecular weight excluding hydrogens is 381 g/mol. The average Bonchev–Trinajstić information content (AvgIpc) is 2.61. The van der Waals surface area contributed by atoms with Crippen LogP contribution in [0, 0.1) is 0 Å². The van der Waals surface area contributed by atoms with E-state index in [4.69, 9.17) is 23.2 Å². The standard InChI is InChI=1S/C17H13Cl2N3O2S/c1-22-16(24)10-5-2-3-7-12(10)21-17(22)25-9-14(23)20-13-8-4-6-11(18)15(13)19/h2-8H,9H2,1H3,(H,20,23). The van der Waals surface area contributed by atoms with Crippen LogP contribution in [0.3, 0.4) is 0 Å².